The van der Waals surface area contributed by atoms with Gasteiger partial charge in [0.05, 0.1) is 0 Å². The summed E-state index contributed by atoms with van der Waals surface area (Å²) in [6.45, 7) is 5.69. The molecule has 2 rings (SSSR count). The number of hydrogen-bond acceptors (Lipinski definition) is 1. The summed E-state index contributed by atoms with van der Waals surface area (Å²) in [4.78, 5) is 4.44. The lowest BCUT2D eigenvalue weighted by Crippen LogP contribution is -2.18. The van der Waals surface area contributed by atoms with Crippen LogP contribution in [0.25, 0.3) is 0 Å². The lowest BCUT2D eigenvalue weighted by molar-refractivity contribution is 0.403. The molecule has 2 heteroatoms. The Labute approximate surface area is 73.6 Å². The molecule has 66 valence electrons. The normalized spacial score (nSPS) is 22.3. The third kappa shape index (κ3) is 1.15. The van der Waals surface area contributed by atoms with Crippen LogP contribution in [0.1, 0.15) is 31.8 Å². The number of imidazole rings is 1. The van der Waals surface area contributed by atoms with Crippen LogP contribution in [0.2, 0.25) is 0 Å². The van der Waals surface area contributed by atoms with Crippen LogP contribution >= 0.6 is 0 Å². The van der Waals surface area contributed by atoms with Crippen LogP contribution in [0, 0.1) is 5.92 Å². The minimum absolute atomic E-state index is 0.824. The first-order valence-electron chi connectivity index (χ1n) is 4.84. The van der Waals surface area contributed by atoms with Crippen LogP contribution in [0.15, 0.2) is 6.20 Å². The van der Waals surface area contributed by atoms with Crippen LogP contribution < -0.4 is 0 Å². The number of rotatable bonds is 1. The summed E-state index contributed by atoms with van der Waals surface area (Å²) in [5.41, 5.74) is 1.40. The van der Waals surface area contributed by atoms with Crippen molar-refractivity contribution in [3.05, 3.63) is 17.7 Å². The Hall–Kier alpha value is -0.790. The average molecular weight is 164 g/mol. The summed E-state index contributed by atoms with van der Waals surface area (Å²) in [6.07, 6.45) is 5.63. The van der Waals surface area contributed by atoms with Crippen molar-refractivity contribution in [1.82, 2.24) is 9.55 Å². The third-order valence-corrected chi connectivity index (χ3v) is 2.76. The number of fused-ring (bicyclic) bond motifs is 1. The van der Waals surface area contributed by atoms with Gasteiger partial charge in [-0.2, -0.15) is 0 Å². The molecule has 0 fully saturated rings. The van der Waals surface area contributed by atoms with Gasteiger partial charge in [0.1, 0.15) is 5.82 Å². The highest BCUT2D eigenvalue weighted by atomic mass is 15.1. The van der Waals surface area contributed by atoms with Crippen LogP contribution in [-0.4, -0.2) is 9.55 Å². The lowest BCUT2D eigenvalue weighted by Gasteiger charge is -2.21. The number of aromatic nitrogens is 2. The van der Waals surface area contributed by atoms with Gasteiger partial charge < -0.3 is 4.57 Å². The van der Waals surface area contributed by atoms with Crippen LogP contribution in [0.3, 0.4) is 0 Å². The van der Waals surface area contributed by atoms with Crippen molar-refractivity contribution in [1.29, 1.82) is 0 Å². The molecular formula is C10H16N2. The third-order valence-electron chi connectivity index (χ3n) is 2.76. The molecule has 2 nitrogen and oxygen atoms in total. The van der Waals surface area contributed by atoms with Gasteiger partial charge in [-0.3, -0.25) is 0 Å². The molecule has 2 heterocycles. The first-order chi connectivity index (χ1) is 5.81. The van der Waals surface area contributed by atoms with Gasteiger partial charge >= 0.3 is 0 Å². The first kappa shape index (κ1) is 7.84. The van der Waals surface area contributed by atoms with Crippen molar-refractivity contribution < 1.29 is 0 Å². The van der Waals surface area contributed by atoms with Gasteiger partial charge in [-0.15, -0.1) is 0 Å². The van der Waals surface area contributed by atoms with Gasteiger partial charge in [0.2, 0.25) is 0 Å². The zero-order valence-electron chi connectivity index (χ0n) is 7.88. The van der Waals surface area contributed by atoms with Crippen molar-refractivity contribution in [3.8, 4) is 0 Å². The number of aryl methyl sites for hydroxylation is 1. The Morgan fingerprint density at radius 2 is 2.50 bits per heavy atom. The Morgan fingerprint density at radius 1 is 1.67 bits per heavy atom. The topological polar surface area (TPSA) is 17.8 Å². The summed E-state index contributed by atoms with van der Waals surface area (Å²) >= 11 is 0. The van der Waals surface area contributed by atoms with E-state index in [4.69, 9.17) is 0 Å². The zero-order chi connectivity index (χ0) is 8.55. The molecule has 0 bridgehead atoms. The highest BCUT2D eigenvalue weighted by molar-refractivity contribution is 5.07. The van der Waals surface area contributed by atoms with Gasteiger partial charge in [0.15, 0.2) is 0 Å². The average Bonchev–Trinajstić information content (AvgIpc) is 2.46. The van der Waals surface area contributed by atoms with Crippen molar-refractivity contribution in [2.75, 3.05) is 0 Å². The van der Waals surface area contributed by atoms with E-state index in [0.717, 1.165) is 12.3 Å². The molecule has 12 heavy (non-hydrogen) atoms. The molecule has 0 amide bonds. The molecule has 0 N–H and O–H groups in total. The second-order valence-electron chi connectivity index (χ2n) is 3.77. The van der Waals surface area contributed by atoms with Crippen molar-refractivity contribution in [3.63, 3.8) is 0 Å². The van der Waals surface area contributed by atoms with Gasteiger partial charge in [-0.25, -0.2) is 4.98 Å². The maximum Gasteiger partial charge on any atom is 0.109 e. The lowest BCUT2D eigenvalue weighted by atomic mass is 10.0. The predicted molar refractivity (Wildman–Crippen MR) is 49.1 cm³/mol. The highest BCUT2D eigenvalue weighted by Crippen LogP contribution is 2.20. The molecule has 0 saturated carbocycles. The van der Waals surface area contributed by atoms with Crippen molar-refractivity contribution in [2.24, 2.45) is 5.92 Å². The van der Waals surface area contributed by atoms with E-state index >= 15 is 0 Å². The molecule has 0 spiro atoms. The van der Waals surface area contributed by atoms with E-state index in [1.165, 1.54) is 30.9 Å². The fraction of sp³-hybridized carbons (Fsp3) is 0.700. The summed E-state index contributed by atoms with van der Waals surface area (Å²) in [5, 5.41) is 0. The Kier molecular flexibility index (Phi) is 1.91. The fourth-order valence-corrected chi connectivity index (χ4v) is 1.94. The second-order valence-corrected chi connectivity index (χ2v) is 3.77. The highest BCUT2D eigenvalue weighted by Gasteiger charge is 2.17. The van der Waals surface area contributed by atoms with E-state index in [-0.39, 0.29) is 0 Å². The summed E-state index contributed by atoms with van der Waals surface area (Å²) in [5.74, 6) is 2.12. The molecule has 0 radical (unpaired) electrons. The number of nitrogens with zero attached hydrogens (tertiary/aromatic N) is 2. The Bertz CT molecular complexity index is 275. The molecule has 0 aliphatic carbocycles. The summed E-state index contributed by atoms with van der Waals surface area (Å²) < 4.78 is 2.39. The van der Waals surface area contributed by atoms with Crippen molar-refractivity contribution >= 4 is 0 Å². The molecule has 1 aliphatic rings. The van der Waals surface area contributed by atoms with Crippen LogP contribution in [0.5, 0.6) is 0 Å². The van der Waals surface area contributed by atoms with E-state index < -0.39 is 0 Å². The maximum absolute atomic E-state index is 4.44. The van der Waals surface area contributed by atoms with E-state index in [9.17, 15) is 0 Å². The predicted octanol–water partition coefficient (Wildman–Crippen LogP) is 2.03. The Morgan fingerprint density at radius 3 is 3.25 bits per heavy atom. The van der Waals surface area contributed by atoms with Gasteiger partial charge in [-0.1, -0.05) is 13.8 Å². The molecule has 1 unspecified atom stereocenters. The molecule has 1 aromatic rings. The monoisotopic (exact) mass is 164 g/mol. The van der Waals surface area contributed by atoms with E-state index in [2.05, 4.69) is 23.4 Å². The van der Waals surface area contributed by atoms with E-state index in [1.807, 2.05) is 6.20 Å². The second kappa shape index (κ2) is 2.92. The molecule has 1 atom stereocenters. The fourth-order valence-electron chi connectivity index (χ4n) is 1.94. The summed E-state index contributed by atoms with van der Waals surface area (Å²) in [6, 6.07) is 0. The van der Waals surface area contributed by atoms with Crippen LogP contribution in [0.4, 0.5) is 0 Å². The maximum atomic E-state index is 4.44. The summed E-state index contributed by atoms with van der Waals surface area (Å²) in [7, 11) is 0. The Balaban J connectivity index is 2.32. The van der Waals surface area contributed by atoms with E-state index in [0.29, 0.717) is 0 Å². The smallest absolute Gasteiger partial charge is 0.109 e. The molecule has 1 aliphatic heterocycles. The molecular weight excluding hydrogens is 148 g/mol. The quantitative estimate of drug-likeness (QED) is 0.621. The standard InChI is InChI=1S/C10H16N2/c1-3-9-7-11-10-6-8(2)4-5-12(9)10/h7-8H,3-6H2,1-2H3. The van der Waals surface area contributed by atoms with Gasteiger partial charge in [0, 0.05) is 24.9 Å². The molecule has 1 aromatic heterocycles. The van der Waals surface area contributed by atoms with Crippen LogP contribution in [-0.2, 0) is 19.4 Å². The van der Waals surface area contributed by atoms with E-state index in [1.54, 1.807) is 0 Å². The van der Waals surface area contributed by atoms with Crippen molar-refractivity contribution in [2.45, 2.75) is 39.7 Å². The van der Waals surface area contributed by atoms with Gasteiger partial charge in [0.25, 0.3) is 0 Å². The molecule has 0 saturated heterocycles. The largest absolute Gasteiger partial charge is 0.332 e. The zero-order valence-corrected chi connectivity index (χ0v) is 7.88. The minimum atomic E-state index is 0.824. The SMILES string of the molecule is CCc1cnc2n1CCC(C)C2. The van der Waals surface area contributed by atoms with Gasteiger partial charge in [-0.05, 0) is 18.8 Å². The first-order valence-corrected chi connectivity index (χ1v) is 4.84. The molecule has 0 aromatic carbocycles. The minimum Gasteiger partial charge on any atom is -0.332 e. The number of hydrogen-bond donors (Lipinski definition) is 0.